The standard InChI is InChI=1S/C19H30N2O4/c1-21-11-14(22)8-13(21)9-20-10-15(23)12-25-19-7-3-4-16-17(19)5-2-6-18(16)24/h3-4,7,13-15,18,20,22-24H,2,5-6,8-12H2,1H3. The van der Waals surface area contributed by atoms with Gasteiger partial charge >= 0.3 is 0 Å². The predicted molar refractivity (Wildman–Crippen MR) is 95.8 cm³/mol. The molecule has 1 saturated heterocycles. The zero-order valence-corrected chi connectivity index (χ0v) is 14.9. The summed E-state index contributed by atoms with van der Waals surface area (Å²) in [5.41, 5.74) is 2.03. The van der Waals surface area contributed by atoms with Crippen LogP contribution >= 0.6 is 0 Å². The minimum atomic E-state index is -0.596. The fourth-order valence-electron chi connectivity index (χ4n) is 3.88. The molecule has 140 valence electrons. The zero-order chi connectivity index (χ0) is 17.8. The van der Waals surface area contributed by atoms with E-state index in [0.717, 1.165) is 49.1 Å². The van der Waals surface area contributed by atoms with Gasteiger partial charge in [0, 0.05) is 25.7 Å². The molecule has 25 heavy (non-hydrogen) atoms. The van der Waals surface area contributed by atoms with Crippen LogP contribution in [0.3, 0.4) is 0 Å². The summed E-state index contributed by atoms with van der Waals surface area (Å²) in [5, 5.41) is 33.2. The molecular formula is C19H30N2O4. The third-order valence-corrected chi connectivity index (χ3v) is 5.29. The first-order valence-corrected chi connectivity index (χ1v) is 9.24. The van der Waals surface area contributed by atoms with E-state index >= 15 is 0 Å². The SMILES string of the molecule is CN1CC(O)CC1CNCC(O)COc1cccc2c1CCCC2O. The van der Waals surface area contributed by atoms with Crippen LogP contribution in [-0.2, 0) is 6.42 Å². The summed E-state index contributed by atoms with van der Waals surface area (Å²) in [4.78, 5) is 2.14. The minimum Gasteiger partial charge on any atom is -0.491 e. The number of ether oxygens (including phenoxy) is 1. The van der Waals surface area contributed by atoms with Crippen molar-refractivity contribution in [3.05, 3.63) is 29.3 Å². The van der Waals surface area contributed by atoms with Gasteiger partial charge in [0.1, 0.15) is 18.5 Å². The molecule has 4 N–H and O–H groups in total. The van der Waals surface area contributed by atoms with Crippen LogP contribution in [0.2, 0.25) is 0 Å². The van der Waals surface area contributed by atoms with E-state index in [9.17, 15) is 15.3 Å². The average molecular weight is 350 g/mol. The number of nitrogens with zero attached hydrogens (tertiary/aromatic N) is 1. The molecule has 1 aromatic carbocycles. The number of hydrogen-bond donors (Lipinski definition) is 4. The summed E-state index contributed by atoms with van der Waals surface area (Å²) in [6, 6.07) is 6.07. The molecule has 1 heterocycles. The maximum Gasteiger partial charge on any atom is 0.122 e. The van der Waals surface area contributed by atoms with E-state index in [1.807, 2.05) is 25.2 Å². The lowest BCUT2D eigenvalue weighted by Gasteiger charge is -2.24. The fourth-order valence-corrected chi connectivity index (χ4v) is 3.88. The number of aliphatic hydroxyl groups excluding tert-OH is 3. The molecule has 6 heteroatoms. The minimum absolute atomic E-state index is 0.225. The summed E-state index contributed by atoms with van der Waals surface area (Å²) in [6.45, 7) is 2.14. The molecule has 1 fully saturated rings. The van der Waals surface area contributed by atoms with E-state index in [1.54, 1.807) is 0 Å². The van der Waals surface area contributed by atoms with Crippen molar-refractivity contribution in [3.63, 3.8) is 0 Å². The van der Waals surface area contributed by atoms with Gasteiger partial charge in [-0.3, -0.25) is 4.90 Å². The first-order chi connectivity index (χ1) is 12.0. The number of hydrogen-bond acceptors (Lipinski definition) is 6. The van der Waals surface area contributed by atoms with Gasteiger partial charge in [-0.05, 0) is 49.9 Å². The van der Waals surface area contributed by atoms with Crippen molar-refractivity contribution in [1.29, 1.82) is 0 Å². The Labute approximate surface area is 149 Å². The Morgan fingerprint density at radius 2 is 2.20 bits per heavy atom. The van der Waals surface area contributed by atoms with Crippen LogP contribution in [0.25, 0.3) is 0 Å². The lowest BCUT2D eigenvalue weighted by molar-refractivity contribution is 0.103. The molecule has 3 rings (SSSR count). The summed E-state index contributed by atoms with van der Waals surface area (Å²) < 4.78 is 5.82. The van der Waals surface area contributed by atoms with Gasteiger partial charge in [0.25, 0.3) is 0 Å². The molecule has 0 spiro atoms. The predicted octanol–water partition coefficient (Wildman–Crippen LogP) is 0.451. The van der Waals surface area contributed by atoms with E-state index < -0.39 is 12.2 Å². The van der Waals surface area contributed by atoms with E-state index in [4.69, 9.17) is 4.74 Å². The molecule has 4 atom stereocenters. The largest absolute Gasteiger partial charge is 0.491 e. The molecule has 0 saturated carbocycles. The third-order valence-electron chi connectivity index (χ3n) is 5.29. The molecule has 1 aromatic rings. The third kappa shape index (κ3) is 4.71. The molecule has 0 amide bonds. The quantitative estimate of drug-likeness (QED) is 0.571. The Balaban J connectivity index is 1.44. The summed E-state index contributed by atoms with van der Waals surface area (Å²) >= 11 is 0. The Hall–Kier alpha value is -1.18. The number of rotatable bonds is 7. The highest BCUT2D eigenvalue weighted by Crippen LogP contribution is 2.35. The highest BCUT2D eigenvalue weighted by molar-refractivity contribution is 5.42. The number of likely N-dealkylation sites (tertiary alicyclic amines) is 1. The van der Waals surface area contributed by atoms with Gasteiger partial charge in [-0.1, -0.05) is 12.1 Å². The second-order valence-electron chi connectivity index (χ2n) is 7.34. The monoisotopic (exact) mass is 350 g/mol. The highest BCUT2D eigenvalue weighted by atomic mass is 16.5. The smallest absolute Gasteiger partial charge is 0.122 e. The molecule has 1 aliphatic heterocycles. The second kappa shape index (κ2) is 8.47. The van der Waals surface area contributed by atoms with Gasteiger partial charge in [-0.2, -0.15) is 0 Å². The first-order valence-electron chi connectivity index (χ1n) is 9.24. The van der Waals surface area contributed by atoms with E-state index in [0.29, 0.717) is 19.1 Å². The van der Waals surface area contributed by atoms with Crippen molar-refractivity contribution in [3.8, 4) is 5.75 Å². The van der Waals surface area contributed by atoms with Crippen molar-refractivity contribution in [1.82, 2.24) is 10.2 Å². The van der Waals surface area contributed by atoms with Crippen LogP contribution in [0.5, 0.6) is 5.75 Å². The molecule has 2 aliphatic rings. The summed E-state index contributed by atoms with van der Waals surface area (Å²) in [6.07, 6.45) is 2.19. The van der Waals surface area contributed by atoms with Crippen LogP contribution in [-0.4, -0.2) is 71.8 Å². The average Bonchev–Trinajstić information content (AvgIpc) is 2.91. The van der Waals surface area contributed by atoms with Gasteiger partial charge in [0.05, 0.1) is 12.2 Å². The normalized spacial score (nSPS) is 27.9. The number of nitrogens with one attached hydrogen (secondary N) is 1. The number of aliphatic hydroxyl groups is 3. The Morgan fingerprint density at radius 1 is 1.36 bits per heavy atom. The fraction of sp³-hybridized carbons (Fsp3) is 0.684. The van der Waals surface area contributed by atoms with Gasteiger partial charge in [-0.15, -0.1) is 0 Å². The van der Waals surface area contributed by atoms with Gasteiger partial charge in [0.2, 0.25) is 0 Å². The summed E-state index contributed by atoms with van der Waals surface area (Å²) in [7, 11) is 2.01. The number of fused-ring (bicyclic) bond motifs is 1. The number of likely N-dealkylation sites (N-methyl/N-ethyl adjacent to an activating group) is 1. The lowest BCUT2D eigenvalue weighted by atomic mass is 9.89. The Bertz CT molecular complexity index is 568. The molecule has 0 aromatic heterocycles. The zero-order valence-electron chi connectivity index (χ0n) is 14.9. The molecule has 0 radical (unpaired) electrons. The summed E-state index contributed by atoms with van der Waals surface area (Å²) in [5.74, 6) is 0.772. The first kappa shape index (κ1) is 18.6. The van der Waals surface area contributed by atoms with Crippen molar-refractivity contribution in [2.45, 2.75) is 50.0 Å². The van der Waals surface area contributed by atoms with Crippen LogP contribution in [0.15, 0.2) is 18.2 Å². The van der Waals surface area contributed by atoms with Gasteiger partial charge in [0.15, 0.2) is 0 Å². The molecule has 0 bridgehead atoms. The Kier molecular flexibility index (Phi) is 6.30. The van der Waals surface area contributed by atoms with E-state index in [1.165, 1.54) is 0 Å². The molecule has 6 nitrogen and oxygen atoms in total. The van der Waals surface area contributed by atoms with Crippen molar-refractivity contribution < 1.29 is 20.1 Å². The maximum atomic E-state index is 10.2. The van der Waals surface area contributed by atoms with Crippen molar-refractivity contribution in [2.24, 2.45) is 0 Å². The van der Waals surface area contributed by atoms with Gasteiger partial charge < -0.3 is 25.4 Å². The van der Waals surface area contributed by atoms with E-state index in [-0.39, 0.29) is 12.7 Å². The van der Waals surface area contributed by atoms with Crippen molar-refractivity contribution in [2.75, 3.05) is 33.3 Å². The lowest BCUT2D eigenvalue weighted by Crippen LogP contribution is -2.39. The number of benzene rings is 1. The topological polar surface area (TPSA) is 85.2 Å². The van der Waals surface area contributed by atoms with Crippen LogP contribution < -0.4 is 10.1 Å². The second-order valence-corrected chi connectivity index (χ2v) is 7.34. The van der Waals surface area contributed by atoms with Gasteiger partial charge in [-0.25, -0.2) is 0 Å². The molecule has 1 aliphatic carbocycles. The number of β-amino-alcohol motifs (C(OH)–C–C–N with tert-alkyl or cyclic N) is 1. The van der Waals surface area contributed by atoms with E-state index in [2.05, 4.69) is 10.2 Å². The maximum absolute atomic E-state index is 10.2. The van der Waals surface area contributed by atoms with Crippen LogP contribution in [0, 0.1) is 0 Å². The van der Waals surface area contributed by atoms with Crippen LogP contribution in [0.1, 0.15) is 36.5 Å². The van der Waals surface area contributed by atoms with Crippen LogP contribution in [0.4, 0.5) is 0 Å². The molecule has 4 unspecified atom stereocenters. The highest BCUT2D eigenvalue weighted by Gasteiger charge is 2.27. The Morgan fingerprint density at radius 3 is 2.96 bits per heavy atom. The molecular weight excluding hydrogens is 320 g/mol. The van der Waals surface area contributed by atoms with Crippen molar-refractivity contribution >= 4 is 0 Å².